The van der Waals surface area contributed by atoms with Crippen molar-refractivity contribution in [2.24, 2.45) is 0 Å². The van der Waals surface area contributed by atoms with E-state index >= 15 is 0 Å². The molecule has 1 N–H and O–H groups in total. The van der Waals surface area contributed by atoms with Gasteiger partial charge in [0.15, 0.2) is 0 Å². The molecule has 15 heavy (non-hydrogen) atoms. The van der Waals surface area contributed by atoms with Crippen molar-refractivity contribution in [2.75, 3.05) is 11.9 Å². The third-order valence-corrected chi connectivity index (χ3v) is 2.20. The summed E-state index contributed by atoms with van der Waals surface area (Å²) in [6.45, 7) is 6.69. The first-order chi connectivity index (χ1) is 7.17. The second-order valence-corrected chi connectivity index (χ2v) is 4.14. The third kappa shape index (κ3) is 3.63. The third-order valence-electron chi connectivity index (χ3n) is 2.05. The number of alkyl halides is 1. The topological polar surface area (TPSA) is 50.7 Å². The predicted molar refractivity (Wildman–Crippen MR) is 62.4 cm³/mol. The van der Waals surface area contributed by atoms with Crippen molar-refractivity contribution in [3.05, 3.63) is 11.4 Å². The molecule has 0 bridgehead atoms. The molecule has 0 saturated carbocycles. The van der Waals surface area contributed by atoms with E-state index in [0.29, 0.717) is 12.5 Å². The second kappa shape index (κ2) is 5.85. The summed E-state index contributed by atoms with van der Waals surface area (Å²) in [6.07, 6.45) is 1.75. The van der Waals surface area contributed by atoms with Crippen molar-refractivity contribution in [2.45, 2.75) is 39.0 Å². The monoisotopic (exact) mass is 228 g/mol. The zero-order valence-electron chi connectivity index (χ0n) is 9.42. The van der Waals surface area contributed by atoms with Gasteiger partial charge in [-0.05, 0) is 19.8 Å². The summed E-state index contributed by atoms with van der Waals surface area (Å²) >= 11 is 5.82. The first-order valence-corrected chi connectivity index (χ1v) is 5.71. The van der Waals surface area contributed by atoms with Crippen molar-refractivity contribution < 1.29 is 0 Å². The summed E-state index contributed by atoms with van der Waals surface area (Å²) in [5.74, 6) is 0.566. The minimum absolute atomic E-state index is 0.0597. The fourth-order valence-corrected chi connectivity index (χ4v) is 1.32. The van der Waals surface area contributed by atoms with Gasteiger partial charge in [0, 0.05) is 11.9 Å². The van der Waals surface area contributed by atoms with Crippen LogP contribution >= 0.6 is 11.6 Å². The molecule has 1 aromatic heterocycles. The lowest BCUT2D eigenvalue weighted by Gasteiger charge is -2.08. The zero-order valence-corrected chi connectivity index (χ0v) is 10.2. The summed E-state index contributed by atoms with van der Waals surface area (Å²) in [5, 5.41) is 11.2. The average Bonchev–Trinajstić information content (AvgIpc) is 2.25. The van der Waals surface area contributed by atoms with Crippen molar-refractivity contribution in [3.8, 4) is 0 Å². The number of halogens is 1. The number of nitrogens with one attached hydrogen (secondary N) is 1. The van der Waals surface area contributed by atoms with Crippen molar-refractivity contribution >= 4 is 17.5 Å². The highest BCUT2D eigenvalue weighted by atomic mass is 35.5. The molecular formula is C10H17ClN4. The number of aryl methyl sites for hydroxylation is 2. The van der Waals surface area contributed by atoms with Gasteiger partial charge in [0.2, 0.25) is 5.95 Å². The Hall–Kier alpha value is -0.900. The van der Waals surface area contributed by atoms with Crippen LogP contribution in [0.4, 0.5) is 5.95 Å². The van der Waals surface area contributed by atoms with Crippen LogP contribution in [0.15, 0.2) is 0 Å². The Labute approximate surface area is 95.5 Å². The molecule has 1 heterocycles. The minimum atomic E-state index is 0.0597. The SMILES string of the molecule is CCc1nnc(NCC(C)Cl)nc1CC. The van der Waals surface area contributed by atoms with Crippen LogP contribution < -0.4 is 5.32 Å². The Balaban J connectivity index is 2.74. The lowest BCUT2D eigenvalue weighted by Crippen LogP contribution is -2.15. The second-order valence-electron chi connectivity index (χ2n) is 3.40. The van der Waals surface area contributed by atoms with Gasteiger partial charge in [-0.2, -0.15) is 5.10 Å². The van der Waals surface area contributed by atoms with E-state index in [1.165, 1.54) is 0 Å². The molecule has 0 aliphatic heterocycles. The molecule has 0 aromatic carbocycles. The summed E-state index contributed by atoms with van der Waals surface area (Å²) < 4.78 is 0. The van der Waals surface area contributed by atoms with Gasteiger partial charge < -0.3 is 5.32 Å². The highest BCUT2D eigenvalue weighted by Gasteiger charge is 2.06. The molecule has 1 atom stereocenters. The van der Waals surface area contributed by atoms with Crippen molar-refractivity contribution in [1.29, 1.82) is 0 Å². The van der Waals surface area contributed by atoms with Gasteiger partial charge >= 0.3 is 0 Å². The van der Waals surface area contributed by atoms with Gasteiger partial charge in [0.1, 0.15) is 0 Å². The number of aromatic nitrogens is 3. The fourth-order valence-electron chi connectivity index (χ4n) is 1.24. The van der Waals surface area contributed by atoms with E-state index in [4.69, 9.17) is 11.6 Å². The molecule has 0 aliphatic carbocycles. The quantitative estimate of drug-likeness (QED) is 0.784. The fraction of sp³-hybridized carbons (Fsp3) is 0.700. The Morgan fingerprint density at radius 3 is 2.40 bits per heavy atom. The highest BCUT2D eigenvalue weighted by molar-refractivity contribution is 6.20. The molecule has 0 fully saturated rings. The molecule has 4 nitrogen and oxygen atoms in total. The van der Waals surface area contributed by atoms with Crippen molar-refractivity contribution in [3.63, 3.8) is 0 Å². The molecule has 5 heteroatoms. The van der Waals surface area contributed by atoms with Crippen LogP contribution in [0.25, 0.3) is 0 Å². The molecular weight excluding hydrogens is 212 g/mol. The van der Waals surface area contributed by atoms with Crippen LogP contribution in [0.3, 0.4) is 0 Å². The van der Waals surface area contributed by atoms with Gasteiger partial charge in [-0.3, -0.25) is 0 Å². The number of rotatable bonds is 5. The number of hydrogen-bond acceptors (Lipinski definition) is 4. The Morgan fingerprint density at radius 2 is 1.87 bits per heavy atom. The highest BCUT2D eigenvalue weighted by Crippen LogP contribution is 2.07. The first-order valence-electron chi connectivity index (χ1n) is 5.27. The van der Waals surface area contributed by atoms with Crippen LogP contribution in [-0.2, 0) is 12.8 Å². The number of anilines is 1. The molecule has 1 unspecified atom stereocenters. The summed E-state index contributed by atoms with van der Waals surface area (Å²) in [7, 11) is 0. The summed E-state index contributed by atoms with van der Waals surface area (Å²) in [4.78, 5) is 4.39. The molecule has 0 radical (unpaired) electrons. The average molecular weight is 229 g/mol. The van der Waals surface area contributed by atoms with E-state index in [1.807, 2.05) is 6.92 Å². The van der Waals surface area contributed by atoms with E-state index in [-0.39, 0.29) is 5.38 Å². The molecule has 0 amide bonds. The van der Waals surface area contributed by atoms with Crippen LogP contribution in [0.5, 0.6) is 0 Å². The van der Waals surface area contributed by atoms with Crippen LogP contribution in [0.1, 0.15) is 32.2 Å². The Bertz CT molecular complexity index is 314. The van der Waals surface area contributed by atoms with E-state index in [9.17, 15) is 0 Å². The number of nitrogens with zero attached hydrogens (tertiary/aromatic N) is 3. The maximum Gasteiger partial charge on any atom is 0.243 e. The smallest absolute Gasteiger partial charge is 0.243 e. The van der Waals surface area contributed by atoms with E-state index in [2.05, 4.69) is 34.3 Å². The predicted octanol–water partition coefficient (Wildman–Crippen LogP) is 2.04. The van der Waals surface area contributed by atoms with Crippen molar-refractivity contribution in [1.82, 2.24) is 15.2 Å². The minimum Gasteiger partial charge on any atom is -0.351 e. The van der Waals surface area contributed by atoms with Gasteiger partial charge in [-0.25, -0.2) is 4.98 Å². The summed E-state index contributed by atoms with van der Waals surface area (Å²) in [6, 6.07) is 0. The Morgan fingerprint density at radius 1 is 1.20 bits per heavy atom. The van der Waals surface area contributed by atoms with Gasteiger partial charge in [-0.15, -0.1) is 16.7 Å². The molecule has 1 rings (SSSR count). The molecule has 0 spiro atoms. The van der Waals surface area contributed by atoms with Gasteiger partial charge in [-0.1, -0.05) is 13.8 Å². The van der Waals surface area contributed by atoms with E-state index < -0.39 is 0 Å². The maximum absolute atomic E-state index is 5.82. The zero-order chi connectivity index (χ0) is 11.3. The molecule has 1 aromatic rings. The first kappa shape index (κ1) is 12.2. The van der Waals surface area contributed by atoms with E-state index in [1.54, 1.807) is 0 Å². The molecule has 84 valence electrons. The van der Waals surface area contributed by atoms with Gasteiger partial charge in [0.25, 0.3) is 0 Å². The normalized spacial score (nSPS) is 12.5. The standard InChI is InChI=1S/C10H17ClN4/c1-4-8-9(5-2)14-15-10(13-8)12-6-7(3)11/h7H,4-6H2,1-3H3,(H,12,13,15). The lowest BCUT2D eigenvalue weighted by molar-refractivity contribution is 0.816. The Kier molecular flexibility index (Phi) is 4.75. The van der Waals surface area contributed by atoms with Crippen LogP contribution in [0.2, 0.25) is 0 Å². The molecule has 0 saturated heterocycles. The largest absolute Gasteiger partial charge is 0.351 e. The van der Waals surface area contributed by atoms with E-state index in [0.717, 1.165) is 24.2 Å². The van der Waals surface area contributed by atoms with Crippen LogP contribution in [0, 0.1) is 0 Å². The summed E-state index contributed by atoms with van der Waals surface area (Å²) in [5.41, 5.74) is 1.99. The number of hydrogen-bond donors (Lipinski definition) is 1. The van der Waals surface area contributed by atoms with Crippen LogP contribution in [-0.4, -0.2) is 27.1 Å². The van der Waals surface area contributed by atoms with Gasteiger partial charge in [0.05, 0.1) is 11.4 Å². The maximum atomic E-state index is 5.82. The molecule has 0 aliphatic rings. The lowest BCUT2D eigenvalue weighted by atomic mass is 10.2.